The van der Waals surface area contributed by atoms with Crippen LogP contribution < -0.4 is 4.90 Å². The van der Waals surface area contributed by atoms with Gasteiger partial charge in [-0.05, 0) is 45.0 Å². The molecule has 2 rings (SSSR count). The van der Waals surface area contributed by atoms with Crippen LogP contribution in [0, 0.1) is 0 Å². The predicted molar refractivity (Wildman–Crippen MR) is 87.6 cm³/mol. The zero-order valence-corrected chi connectivity index (χ0v) is 14.2. The molecule has 0 saturated carbocycles. The van der Waals surface area contributed by atoms with E-state index >= 15 is 0 Å². The van der Waals surface area contributed by atoms with Gasteiger partial charge in [0.2, 0.25) is 5.91 Å². The number of carbonyl (C=O) groups is 2. The molecule has 2 amide bonds. The van der Waals surface area contributed by atoms with Crippen LogP contribution in [-0.4, -0.2) is 53.3 Å². The molecule has 1 aliphatic heterocycles. The van der Waals surface area contributed by atoms with Crippen molar-refractivity contribution in [2.75, 3.05) is 24.6 Å². The van der Waals surface area contributed by atoms with Crippen LogP contribution >= 0.6 is 11.6 Å². The molecule has 0 radical (unpaired) electrons. The van der Waals surface area contributed by atoms with Crippen molar-refractivity contribution in [1.29, 1.82) is 0 Å². The number of rotatable bonds is 2. The molecule has 1 unspecified atom stereocenters. The molecule has 1 fully saturated rings. The molecule has 6 nitrogen and oxygen atoms in total. The summed E-state index contributed by atoms with van der Waals surface area (Å²) in [5.41, 5.74) is 0.00426. The van der Waals surface area contributed by atoms with Crippen molar-refractivity contribution in [2.24, 2.45) is 0 Å². The third-order valence-corrected chi connectivity index (χ3v) is 3.61. The van der Waals surface area contributed by atoms with Gasteiger partial charge in [-0.2, -0.15) is 0 Å². The van der Waals surface area contributed by atoms with E-state index in [0.29, 0.717) is 10.7 Å². The summed E-state index contributed by atoms with van der Waals surface area (Å²) in [4.78, 5) is 27.4. The monoisotopic (exact) mass is 340 g/mol. The van der Waals surface area contributed by atoms with Crippen molar-refractivity contribution < 1.29 is 19.4 Å². The van der Waals surface area contributed by atoms with E-state index in [4.69, 9.17) is 16.3 Å². The quantitative estimate of drug-likeness (QED) is 0.896. The van der Waals surface area contributed by atoms with E-state index in [1.807, 2.05) is 0 Å². The molecule has 126 valence electrons. The summed E-state index contributed by atoms with van der Waals surface area (Å²) in [5.74, 6) is -0.275. The number of aliphatic hydroxyl groups is 1. The van der Waals surface area contributed by atoms with Gasteiger partial charge in [0.15, 0.2) is 0 Å². The van der Waals surface area contributed by atoms with Crippen LogP contribution in [0.4, 0.5) is 10.5 Å². The minimum absolute atomic E-state index is 0.0892. The molecule has 1 N–H and O–H groups in total. The SMILES string of the molecule is CC(C)(C)OC(=O)N1CC(=O)N(c2ccc(Cl)cc2)C(CO)C1. The van der Waals surface area contributed by atoms with Gasteiger partial charge < -0.3 is 14.7 Å². The summed E-state index contributed by atoms with van der Waals surface area (Å²) in [6.07, 6.45) is -0.556. The van der Waals surface area contributed by atoms with Gasteiger partial charge in [0, 0.05) is 17.3 Å². The number of aliphatic hydroxyl groups excluding tert-OH is 1. The van der Waals surface area contributed by atoms with Crippen LogP contribution in [0.2, 0.25) is 5.02 Å². The Bertz CT molecular complexity index is 583. The van der Waals surface area contributed by atoms with Crippen molar-refractivity contribution >= 4 is 29.3 Å². The number of piperazine rings is 1. The molecular formula is C16H21ClN2O4. The van der Waals surface area contributed by atoms with Crippen LogP contribution in [-0.2, 0) is 9.53 Å². The Hall–Kier alpha value is -1.79. The maximum Gasteiger partial charge on any atom is 0.410 e. The number of hydrogen-bond acceptors (Lipinski definition) is 4. The third kappa shape index (κ3) is 4.36. The van der Waals surface area contributed by atoms with Gasteiger partial charge in [0.1, 0.15) is 12.1 Å². The van der Waals surface area contributed by atoms with E-state index < -0.39 is 17.7 Å². The molecular weight excluding hydrogens is 320 g/mol. The Morgan fingerprint density at radius 1 is 1.35 bits per heavy atom. The summed E-state index contributed by atoms with van der Waals surface area (Å²) in [7, 11) is 0. The molecule has 1 aliphatic rings. The van der Waals surface area contributed by atoms with Crippen molar-refractivity contribution in [3.8, 4) is 0 Å². The average molecular weight is 341 g/mol. The van der Waals surface area contributed by atoms with Crippen molar-refractivity contribution in [1.82, 2.24) is 4.90 Å². The summed E-state index contributed by atoms with van der Waals surface area (Å²) in [5, 5.41) is 10.2. The molecule has 1 saturated heterocycles. The van der Waals surface area contributed by atoms with E-state index in [2.05, 4.69) is 0 Å². The topological polar surface area (TPSA) is 70.1 Å². The fraction of sp³-hybridized carbons (Fsp3) is 0.500. The average Bonchev–Trinajstić information content (AvgIpc) is 2.46. The maximum absolute atomic E-state index is 12.5. The zero-order chi connectivity index (χ0) is 17.2. The first-order valence-electron chi connectivity index (χ1n) is 7.37. The van der Waals surface area contributed by atoms with E-state index in [0.717, 1.165) is 0 Å². The minimum atomic E-state index is -0.637. The zero-order valence-electron chi connectivity index (χ0n) is 13.5. The van der Waals surface area contributed by atoms with Crippen LogP contribution in [0.5, 0.6) is 0 Å². The van der Waals surface area contributed by atoms with Crippen molar-refractivity contribution in [3.05, 3.63) is 29.3 Å². The Labute approximate surface area is 140 Å². The lowest BCUT2D eigenvalue weighted by atomic mass is 10.1. The number of nitrogens with zero attached hydrogens (tertiary/aromatic N) is 2. The fourth-order valence-corrected chi connectivity index (χ4v) is 2.53. The van der Waals surface area contributed by atoms with Gasteiger partial charge in [0.25, 0.3) is 0 Å². The third-order valence-electron chi connectivity index (χ3n) is 3.36. The highest BCUT2D eigenvalue weighted by atomic mass is 35.5. The Morgan fingerprint density at radius 3 is 2.48 bits per heavy atom. The van der Waals surface area contributed by atoms with Gasteiger partial charge >= 0.3 is 6.09 Å². The van der Waals surface area contributed by atoms with Crippen LogP contribution in [0.3, 0.4) is 0 Å². The summed E-state index contributed by atoms with van der Waals surface area (Å²) < 4.78 is 5.29. The summed E-state index contributed by atoms with van der Waals surface area (Å²) in [6, 6.07) is 6.26. The van der Waals surface area contributed by atoms with E-state index in [9.17, 15) is 14.7 Å². The first-order valence-corrected chi connectivity index (χ1v) is 7.75. The lowest BCUT2D eigenvalue weighted by Gasteiger charge is -2.40. The Kier molecular flexibility index (Phi) is 5.16. The number of anilines is 1. The summed E-state index contributed by atoms with van der Waals surface area (Å²) >= 11 is 5.86. The Balaban J connectivity index is 2.16. The van der Waals surface area contributed by atoms with Gasteiger partial charge in [0.05, 0.1) is 12.6 Å². The largest absolute Gasteiger partial charge is 0.444 e. The number of halogens is 1. The highest BCUT2D eigenvalue weighted by Crippen LogP contribution is 2.24. The number of amides is 2. The van der Waals surface area contributed by atoms with Gasteiger partial charge in [-0.1, -0.05) is 11.6 Å². The van der Waals surface area contributed by atoms with Crippen molar-refractivity contribution in [3.63, 3.8) is 0 Å². The van der Waals surface area contributed by atoms with Crippen LogP contribution in [0.1, 0.15) is 20.8 Å². The van der Waals surface area contributed by atoms with Gasteiger partial charge in [-0.25, -0.2) is 4.79 Å². The molecule has 23 heavy (non-hydrogen) atoms. The second-order valence-corrected chi connectivity index (χ2v) is 6.87. The predicted octanol–water partition coefficient (Wildman–Crippen LogP) is 2.28. The fourth-order valence-electron chi connectivity index (χ4n) is 2.41. The van der Waals surface area contributed by atoms with Gasteiger partial charge in [-0.3, -0.25) is 9.69 Å². The molecule has 0 bridgehead atoms. The minimum Gasteiger partial charge on any atom is -0.444 e. The lowest BCUT2D eigenvalue weighted by molar-refractivity contribution is -0.122. The number of benzene rings is 1. The number of carbonyl (C=O) groups excluding carboxylic acids is 2. The van der Waals surface area contributed by atoms with E-state index in [1.54, 1.807) is 45.0 Å². The second kappa shape index (κ2) is 6.76. The standard InChI is InChI=1S/C16H21ClN2O4/c1-16(2,3)23-15(22)18-8-13(10-20)19(14(21)9-18)12-6-4-11(17)5-7-12/h4-7,13,20H,8-10H2,1-3H3. The van der Waals surface area contributed by atoms with Crippen molar-refractivity contribution in [2.45, 2.75) is 32.4 Å². The molecule has 7 heteroatoms. The highest BCUT2D eigenvalue weighted by Gasteiger charge is 2.36. The number of ether oxygens (including phenoxy) is 1. The van der Waals surface area contributed by atoms with E-state index in [-0.39, 0.29) is 25.6 Å². The molecule has 1 aromatic rings. The van der Waals surface area contributed by atoms with E-state index in [1.165, 1.54) is 9.80 Å². The lowest BCUT2D eigenvalue weighted by Crippen LogP contribution is -2.60. The molecule has 1 atom stereocenters. The molecule has 0 aromatic heterocycles. The normalized spacial score (nSPS) is 19.0. The molecule has 1 aromatic carbocycles. The van der Waals surface area contributed by atoms with Crippen LogP contribution in [0.15, 0.2) is 24.3 Å². The highest BCUT2D eigenvalue weighted by molar-refractivity contribution is 6.30. The summed E-state index contributed by atoms with van der Waals surface area (Å²) in [6.45, 7) is 5.15. The first kappa shape index (κ1) is 17.6. The second-order valence-electron chi connectivity index (χ2n) is 6.44. The molecule has 1 heterocycles. The van der Waals surface area contributed by atoms with Crippen LogP contribution in [0.25, 0.3) is 0 Å². The maximum atomic E-state index is 12.5. The smallest absolute Gasteiger partial charge is 0.410 e. The van der Waals surface area contributed by atoms with Gasteiger partial charge in [-0.15, -0.1) is 0 Å². The first-order chi connectivity index (χ1) is 10.7. The Morgan fingerprint density at radius 2 is 1.96 bits per heavy atom. The number of hydrogen-bond donors (Lipinski definition) is 1. The molecule has 0 aliphatic carbocycles. The molecule has 0 spiro atoms.